The molecule has 0 amide bonds. The van der Waals surface area contributed by atoms with Crippen LogP contribution in [0.2, 0.25) is 0 Å². The van der Waals surface area contributed by atoms with Crippen LogP contribution in [0, 0.1) is 0 Å². The summed E-state index contributed by atoms with van der Waals surface area (Å²) in [6.07, 6.45) is 4.76. The molecule has 0 spiro atoms. The van der Waals surface area contributed by atoms with Gasteiger partial charge in [0, 0.05) is 49.6 Å². The Morgan fingerprint density at radius 1 is 1.19 bits per heavy atom. The molecule has 0 saturated heterocycles. The van der Waals surface area contributed by atoms with Crippen LogP contribution in [0.4, 0.5) is 0 Å². The maximum atomic E-state index is 5.62. The van der Waals surface area contributed by atoms with Gasteiger partial charge < -0.3 is 18.6 Å². The summed E-state index contributed by atoms with van der Waals surface area (Å²) in [7, 11) is 0. The van der Waals surface area contributed by atoms with Crippen molar-refractivity contribution >= 4 is 0 Å². The fourth-order valence-electron chi connectivity index (χ4n) is 3.65. The van der Waals surface area contributed by atoms with E-state index < -0.39 is 0 Å². The van der Waals surface area contributed by atoms with E-state index >= 15 is 0 Å². The van der Waals surface area contributed by atoms with Gasteiger partial charge in [-0.15, -0.1) is 0 Å². The fraction of sp³-hybridized carbons (Fsp3) is 0.368. The molecule has 7 heteroatoms. The van der Waals surface area contributed by atoms with Gasteiger partial charge in [0.15, 0.2) is 11.5 Å². The predicted molar refractivity (Wildman–Crippen MR) is 93.8 cm³/mol. The summed E-state index contributed by atoms with van der Waals surface area (Å²) in [6.45, 7) is 5.92. The number of rotatable bonds is 4. The molecule has 0 saturated carbocycles. The highest BCUT2D eigenvalue weighted by Gasteiger charge is 2.26. The van der Waals surface area contributed by atoms with Crippen LogP contribution < -0.4 is 9.47 Å². The lowest BCUT2D eigenvalue weighted by molar-refractivity contribution is 0.174. The van der Waals surface area contributed by atoms with Gasteiger partial charge in [0.2, 0.25) is 6.79 Å². The van der Waals surface area contributed by atoms with Crippen LogP contribution in [0.5, 0.6) is 11.5 Å². The van der Waals surface area contributed by atoms with Crippen molar-refractivity contribution in [3.05, 3.63) is 47.7 Å². The molecule has 2 aliphatic rings. The molecule has 3 aromatic rings. The SMILES string of the molecule is CCn1ccnc1CN1CCc2onc(-c3ccc4c(c3)OCO4)c2C1. The normalized spacial score (nSPS) is 16.0. The first-order valence-corrected chi connectivity index (χ1v) is 8.91. The number of imidazole rings is 1. The Balaban J connectivity index is 1.42. The molecule has 7 nitrogen and oxygen atoms in total. The van der Waals surface area contributed by atoms with Gasteiger partial charge in [0.05, 0.1) is 6.54 Å². The summed E-state index contributed by atoms with van der Waals surface area (Å²) >= 11 is 0. The Morgan fingerprint density at radius 2 is 2.12 bits per heavy atom. The van der Waals surface area contributed by atoms with E-state index in [1.54, 1.807) is 0 Å². The highest BCUT2D eigenvalue weighted by atomic mass is 16.7. The quantitative estimate of drug-likeness (QED) is 0.719. The third kappa shape index (κ3) is 2.55. The molecule has 26 heavy (non-hydrogen) atoms. The Morgan fingerprint density at radius 3 is 3.04 bits per heavy atom. The third-order valence-corrected chi connectivity index (χ3v) is 5.06. The molecule has 4 heterocycles. The number of benzene rings is 1. The summed E-state index contributed by atoms with van der Waals surface area (Å²) < 4.78 is 18.7. The van der Waals surface area contributed by atoms with Gasteiger partial charge in [0.1, 0.15) is 17.3 Å². The van der Waals surface area contributed by atoms with Crippen molar-refractivity contribution in [1.29, 1.82) is 0 Å². The van der Waals surface area contributed by atoms with Crippen molar-refractivity contribution in [2.45, 2.75) is 33.0 Å². The van der Waals surface area contributed by atoms with Crippen LogP contribution in [-0.4, -0.2) is 32.9 Å². The molecule has 0 radical (unpaired) electrons. The zero-order chi connectivity index (χ0) is 17.5. The second-order valence-electron chi connectivity index (χ2n) is 6.59. The lowest BCUT2D eigenvalue weighted by Gasteiger charge is -2.25. The van der Waals surface area contributed by atoms with E-state index in [0.717, 1.165) is 72.5 Å². The first-order valence-electron chi connectivity index (χ1n) is 8.91. The van der Waals surface area contributed by atoms with Crippen LogP contribution in [0.25, 0.3) is 11.3 Å². The Hall–Kier alpha value is -2.80. The molecular weight excluding hydrogens is 332 g/mol. The van der Waals surface area contributed by atoms with Gasteiger partial charge in [-0.2, -0.15) is 0 Å². The first kappa shape index (κ1) is 15.5. The molecule has 0 fully saturated rings. The van der Waals surface area contributed by atoms with E-state index in [2.05, 4.69) is 26.5 Å². The minimum Gasteiger partial charge on any atom is -0.454 e. The smallest absolute Gasteiger partial charge is 0.231 e. The van der Waals surface area contributed by atoms with Gasteiger partial charge in [-0.1, -0.05) is 5.16 Å². The fourth-order valence-corrected chi connectivity index (χ4v) is 3.65. The number of ether oxygens (including phenoxy) is 2. The molecule has 2 aliphatic heterocycles. The number of hydrogen-bond acceptors (Lipinski definition) is 6. The van der Waals surface area contributed by atoms with E-state index in [9.17, 15) is 0 Å². The van der Waals surface area contributed by atoms with Crippen molar-refractivity contribution in [3.8, 4) is 22.8 Å². The number of hydrogen-bond donors (Lipinski definition) is 0. The molecule has 2 aromatic heterocycles. The highest BCUT2D eigenvalue weighted by molar-refractivity contribution is 5.67. The van der Waals surface area contributed by atoms with Crippen molar-refractivity contribution < 1.29 is 14.0 Å². The molecule has 0 atom stereocenters. The topological polar surface area (TPSA) is 65.6 Å². The average molecular weight is 352 g/mol. The maximum Gasteiger partial charge on any atom is 0.231 e. The standard InChI is InChI=1S/C19H20N4O3/c1-2-23-8-6-20-18(23)11-22-7-5-15-14(10-22)19(21-26-15)13-3-4-16-17(9-13)25-12-24-16/h3-4,6,8-9H,2,5,7,10-12H2,1H3. The lowest BCUT2D eigenvalue weighted by Crippen LogP contribution is -2.30. The predicted octanol–water partition coefficient (Wildman–Crippen LogP) is 2.85. The van der Waals surface area contributed by atoms with Gasteiger partial charge in [-0.25, -0.2) is 4.98 Å². The number of fused-ring (bicyclic) bond motifs is 2. The molecular formula is C19H20N4O3. The Bertz CT molecular complexity index is 946. The van der Waals surface area contributed by atoms with E-state index in [-0.39, 0.29) is 6.79 Å². The minimum absolute atomic E-state index is 0.271. The molecule has 0 unspecified atom stereocenters. The van der Waals surface area contributed by atoms with Crippen molar-refractivity contribution in [1.82, 2.24) is 19.6 Å². The van der Waals surface area contributed by atoms with Gasteiger partial charge in [-0.3, -0.25) is 4.90 Å². The van der Waals surface area contributed by atoms with Crippen LogP contribution in [0.3, 0.4) is 0 Å². The molecule has 0 N–H and O–H groups in total. The average Bonchev–Trinajstić information content (AvgIpc) is 3.39. The van der Waals surface area contributed by atoms with E-state index in [4.69, 9.17) is 14.0 Å². The molecule has 0 bridgehead atoms. The van der Waals surface area contributed by atoms with Crippen molar-refractivity contribution in [2.75, 3.05) is 13.3 Å². The summed E-state index contributed by atoms with van der Waals surface area (Å²) in [5.41, 5.74) is 3.04. The van der Waals surface area contributed by atoms with Crippen LogP contribution >= 0.6 is 0 Å². The van der Waals surface area contributed by atoms with E-state index in [1.165, 1.54) is 0 Å². The van der Waals surface area contributed by atoms with Gasteiger partial charge in [-0.05, 0) is 25.1 Å². The Labute approximate surface area is 151 Å². The van der Waals surface area contributed by atoms with Gasteiger partial charge >= 0.3 is 0 Å². The minimum atomic E-state index is 0.271. The number of aromatic nitrogens is 3. The van der Waals surface area contributed by atoms with Crippen LogP contribution in [-0.2, 0) is 26.1 Å². The molecule has 0 aliphatic carbocycles. The summed E-state index contributed by atoms with van der Waals surface area (Å²) in [6, 6.07) is 5.91. The zero-order valence-corrected chi connectivity index (χ0v) is 14.6. The lowest BCUT2D eigenvalue weighted by atomic mass is 10.0. The third-order valence-electron chi connectivity index (χ3n) is 5.06. The van der Waals surface area contributed by atoms with Crippen LogP contribution in [0.15, 0.2) is 35.1 Å². The first-order chi connectivity index (χ1) is 12.8. The number of nitrogens with zero attached hydrogens (tertiary/aromatic N) is 4. The monoisotopic (exact) mass is 352 g/mol. The molecule has 5 rings (SSSR count). The summed E-state index contributed by atoms with van der Waals surface area (Å²) in [5.74, 6) is 3.61. The zero-order valence-electron chi connectivity index (χ0n) is 14.6. The van der Waals surface area contributed by atoms with E-state index in [0.29, 0.717) is 0 Å². The summed E-state index contributed by atoms with van der Waals surface area (Å²) in [4.78, 5) is 6.89. The molecule has 134 valence electrons. The number of aryl methyl sites for hydroxylation is 1. The van der Waals surface area contributed by atoms with Crippen molar-refractivity contribution in [3.63, 3.8) is 0 Å². The van der Waals surface area contributed by atoms with Crippen LogP contribution in [0.1, 0.15) is 24.1 Å². The molecule has 1 aromatic carbocycles. The van der Waals surface area contributed by atoms with Crippen molar-refractivity contribution in [2.24, 2.45) is 0 Å². The van der Waals surface area contributed by atoms with Gasteiger partial charge in [0.25, 0.3) is 0 Å². The highest BCUT2D eigenvalue weighted by Crippen LogP contribution is 2.38. The maximum absolute atomic E-state index is 5.62. The summed E-state index contributed by atoms with van der Waals surface area (Å²) in [5, 5.41) is 4.34. The van der Waals surface area contributed by atoms with E-state index in [1.807, 2.05) is 30.6 Å². The Kier molecular flexibility index (Phi) is 3.67. The second-order valence-corrected chi connectivity index (χ2v) is 6.59. The second kappa shape index (κ2) is 6.17. The largest absolute Gasteiger partial charge is 0.454 e.